The summed E-state index contributed by atoms with van der Waals surface area (Å²) >= 11 is 1.67. The van der Waals surface area contributed by atoms with Crippen molar-refractivity contribution in [2.45, 2.75) is 25.7 Å². The maximum atomic E-state index is 3.65. The van der Waals surface area contributed by atoms with Crippen LogP contribution in [0.2, 0.25) is 0 Å². The number of rotatable bonds is 2. The Hall–Kier alpha value is -2.44. The van der Waals surface area contributed by atoms with Crippen molar-refractivity contribution in [2.75, 3.05) is 0 Å². The maximum Gasteiger partial charge on any atom is -0.0181 e. The molecule has 2 aliphatic rings. The van der Waals surface area contributed by atoms with Gasteiger partial charge in [-0.3, -0.25) is 0 Å². The molecule has 0 heterocycles. The van der Waals surface area contributed by atoms with Crippen LogP contribution in [0, 0.1) is 6.07 Å². The van der Waals surface area contributed by atoms with Gasteiger partial charge in [-0.25, -0.2) is 12.1 Å². The molecule has 5 aromatic rings. The largest absolute Gasteiger partial charge is 0.214 e. The van der Waals surface area contributed by atoms with Crippen molar-refractivity contribution in [1.82, 2.24) is 0 Å². The van der Waals surface area contributed by atoms with Gasteiger partial charge in [0.2, 0.25) is 0 Å². The monoisotopic (exact) mass is 596 g/mol. The molecule has 7 rings (SSSR count). The van der Waals surface area contributed by atoms with Gasteiger partial charge in [-0.15, -0.1) is 29.3 Å². The average molecular weight is 599 g/mol. The molecule has 184 valence electrons. The van der Waals surface area contributed by atoms with Crippen LogP contribution in [0.3, 0.4) is 0 Å². The molecule has 3 heteroatoms. The molecular weight excluding hydrogens is 571 g/mol. The number of halogens is 2. The van der Waals surface area contributed by atoms with E-state index in [1.54, 1.807) is 27.4 Å². The molecule has 0 N–H and O–H groups in total. The van der Waals surface area contributed by atoms with Gasteiger partial charge in [0.05, 0.1) is 0 Å². The molecule has 0 atom stereocenters. The minimum absolute atomic E-state index is 0. The van der Waals surface area contributed by atoms with E-state index in [1.807, 2.05) is 30.3 Å². The summed E-state index contributed by atoms with van der Waals surface area (Å²) in [7, 11) is 0. The van der Waals surface area contributed by atoms with Crippen LogP contribution in [0.5, 0.6) is 0 Å². The van der Waals surface area contributed by atoms with Crippen molar-refractivity contribution < 1.29 is 49.0 Å². The smallest absolute Gasteiger partial charge is 0.0181 e. The minimum Gasteiger partial charge on any atom is -0.214 e. The Balaban J connectivity index is 0.000000266. The summed E-state index contributed by atoms with van der Waals surface area (Å²) in [4.78, 5) is 0. The first-order chi connectivity index (χ1) is 17.3. The summed E-state index contributed by atoms with van der Waals surface area (Å²) in [6.07, 6.45) is 5.32. The van der Waals surface area contributed by atoms with Gasteiger partial charge in [0, 0.05) is 0 Å². The predicted octanol–water partition coefficient (Wildman–Crippen LogP) is 2.69. The van der Waals surface area contributed by atoms with Crippen LogP contribution in [-0.4, -0.2) is 3.21 Å². The van der Waals surface area contributed by atoms with Gasteiger partial charge in [-0.1, -0.05) is 95.6 Å². The van der Waals surface area contributed by atoms with Gasteiger partial charge in [0.1, 0.15) is 0 Å². The summed E-state index contributed by atoms with van der Waals surface area (Å²) in [5.41, 5.74) is 10.4. The van der Waals surface area contributed by atoms with E-state index in [9.17, 15) is 0 Å². The van der Waals surface area contributed by atoms with E-state index >= 15 is 0 Å². The van der Waals surface area contributed by atoms with Gasteiger partial charge >= 0.3 is 46.7 Å². The Labute approximate surface area is 248 Å². The molecule has 0 nitrogen and oxygen atoms in total. The summed E-state index contributed by atoms with van der Waals surface area (Å²) in [6.45, 7) is 0. The fourth-order valence-corrected chi connectivity index (χ4v) is 5.26. The molecule has 0 unspecified atom stereocenters. The van der Waals surface area contributed by atoms with Crippen LogP contribution in [0.4, 0.5) is 0 Å². The molecular formula is C34H28Cl2Zr-2. The Morgan fingerprint density at radius 1 is 0.622 bits per heavy atom. The first kappa shape index (κ1) is 29.1. The molecule has 2 aliphatic carbocycles. The van der Waals surface area contributed by atoms with Crippen LogP contribution >= 0.6 is 0 Å². The minimum atomic E-state index is 0. The number of benzene rings is 4. The second kappa shape index (κ2) is 14.5. The zero-order chi connectivity index (χ0) is 23.9. The maximum absolute atomic E-state index is 3.65. The fourth-order valence-electron chi connectivity index (χ4n) is 4.39. The average Bonchev–Trinajstić information content (AvgIpc) is 3.60. The SMILES string of the molecule is [Cl-].[Cl-].[Zr+2]=[C]1CCC1.[c-]1c(-c2ccccc2)ccc2c1Cc1cc(-c3ccccc3)ccc1-2.c1cc[cH-]c1. The Kier molecular flexibility index (Phi) is 11.4. The quantitative estimate of drug-likeness (QED) is 0.269. The summed E-state index contributed by atoms with van der Waals surface area (Å²) in [6, 6.07) is 46.0. The van der Waals surface area contributed by atoms with Crippen molar-refractivity contribution in [2.24, 2.45) is 0 Å². The summed E-state index contributed by atoms with van der Waals surface area (Å²) in [5.74, 6) is 0. The molecule has 37 heavy (non-hydrogen) atoms. The Bertz CT molecular complexity index is 1280. The zero-order valence-electron chi connectivity index (χ0n) is 20.6. The van der Waals surface area contributed by atoms with E-state index in [0.29, 0.717) is 0 Å². The predicted molar refractivity (Wildman–Crippen MR) is 145 cm³/mol. The van der Waals surface area contributed by atoms with Gasteiger partial charge in [0.25, 0.3) is 0 Å². The molecule has 1 saturated carbocycles. The number of hydrogen-bond donors (Lipinski definition) is 0. The van der Waals surface area contributed by atoms with Gasteiger partial charge < -0.3 is 24.8 Å². The number of hydrogen-bond acceptors (Lipinski definition) is 0. The fraction of sp³-hybridized carbons (Fsp3) is 0.118. The topological polar surface area (TPSA) is 0 Å². The molecule has 0 saturated heterocycles. The van der Waals surface area contributed by atoms with Gasteiger partial charge in [0.15, 0.2) is 0 Å². The summed E-state index contributed by atoms with van der Waals surface area (Å²) in [5, 5.41) is 0. The van der Waals surface area contributed by atoms with Crippen LogP contribution in [0.1, 0.15) is 30.4 Å². The molecule has 0 radical (unpaired) electrons. The first-order valence-corrected chi connectivity index (χ1v) is 13.5. The van der Waals surface area contributed by atoms with E-state index in [2.05, 4.69) is 97.1 Å². The molecule has 0 aromatic heterocycles. The Morgan fingerprint density at radius 3 is 1.76 bits per heavy atom. The standard InChI is InChI=1S/C25H17.C5H5.C4H6.2ClH.Zr/c1-3-7-18(8-4-1)20-11-13-24-22(15-20)17-23-16-21(12-14-25(23)24)19-9-5-2-6-10-19;1-2-4-5-3-1;1-2-4-3-1;;;/h1-15H,17H2;1-5H;1-3H2;2*1H;/q2*-1;;;;+2/p-2. The third-order valence-corrected chi connectivity index (χ3v) is 7.72. The molecule has 0 spiro atoms. The van der Waals surface area contributed by atoms with Crippen LogP contribution < -0.4 is 24.8 Å². The van der Waals surface area contributed by atoms with E-state index in [0.717, 1.165) is 6.42 Å². The van der Waals surface area contributed by atoms with Crippen molar-refractivity contribution in [3.05, 3.63) is 139 Å². The van der Waals surface area contributed by atoms with Gasteiger partial charge in [-0.05, 0) is 23.1 Å². The second-order valence-corrected chi connectivity index (χ2v) is 10.7. The van der Waals surface area contributed by atoms with Crippen molar-refractivity contribution >= 4 is 3.21 Å². The van der Waals surface area contributed by atoms with Crippen molar-refractivity contribution in [3.63, 3.8) is 0 Å². The van der Waals surface area contributed by atoms with E-state index < -0.39 is 0 Å². The van der Waals surface area contributed by atoms with Crippen LogP contribution in [0.15, 0.2) is 121 Å². The Morgan fingerprint density at radius 2 is 1.22 bits per heavy atom. The van der Waals surface area contributed by atoms with E-state index in [1.165, 1.54) is 63.8 Å². The van der Waals surface area contributed by atoms with Gasteiger partial charge in [-0.2, -0.15) is 18.2 Å². The normalized spacial score (nSPS) is 12.1. The van der Waals surface area contributed by atoms with Crippen LogP contribution in [0.25, 0.3) is 33.4 Å². The third-order valence-electron chi connectivity index (χ3n) is 6.49. The molecule has 0 aliphatic heterocycles. The van der Waals surface area contributed by atoms with Crippen LogP contribution in [-0.2, 0) is 30.7 Å². The molecule has 1 fully saturated rings. The zero-order valence-corrected chi connectivity index (χ0v) is 24.6. The number of fused-ring (bicyclic) bond motifs is 3. The van der Waals surface area contributed by atoms with Crippen molar-refractivity contribution in [1.29, 1.82) is 0 Å². The van der Waals surface area contributed by atoms with E-state index in [-0.39, 0.29) is 24.8 Å². The third kappa shape index (κ3) is 7.55. The van der Waals surface area contributed by atoms with E-state index in [4.69, 9.17) is 0 Å². The molecule has 5 aromatic carbocycles. The first-order valence-electron chi connectivity index (χ1n) is 12.3. The van der Waals surface area contributed by atoms with Crippen molar-refractivity contribution in [3.8, 4) is 33.4 Å². The second-order valence-electron chi connectivity index (χ2n) is 8.96. The molecule has 0 amide bonds. The molecule has 0 bridgehead atoms. The summed E-state index contributed by atoms with van der Waals surface area (Å²) < 4.78 is 1.78.